The van der Waals surface area contributed by atoms with Crippen molar-refractivity contribution in [2.45, 2.75) is 24.8 Å². The lowest BCUT2D eigenvalue weighted by molar-refractivity contribution is -0.121. The summed E-state index contributed by atoms with van der Waals surface area (Å²) in [5.74, 6) is -1.27. The molecule has 0 aliphatic carbocycles. The number of rotatable bonds is 5. The van der Waals surface area contributed by atoms with Crippen LogP contribution in [0.15, 0.2) is 29.2 Å². The number of carbonyl (C=O) groups is 1. The van der Waals surface area contributed by atoms with Gasteiger partial charge in [-0.3, -0.25) is 4.79 Å². The lowest BCUT2D eigenvalue weighted by Gasteiger charge is -2.18. The summed E-state index contributed by atoms with van der Waals surface area (Å²) in [6, 6.07) is 4.98. The van der Waals surface area contributed by atoms with E-state index in [1.165, 1.54) is 25.2 Å². The van der Waals surface area contributed by atoms with Gasteiger partial charge in [-0.1, -0.05) is 12.1 Å². The average Bonchev–Trinajstić information content (AvgIpc) is 2.27. The third-order valence-electron chi connectivity index (χ3n) is 2.34. The van der Waals surface area contributed by atoms with Gasteiger partial charge >= 0.3 is 0 Å². The first-order chi connectivity index (χ1) is 8.75. The van der Waals surface area contributed by atoms with Crippen molar-refractivity contribution in [1.82, 2.24) is 9.62 Å². The second-order valence-corrected chi connectivity index (χ2v) is 6.43. The maximum absolute atomic E-state index is 13.5. The van der Waals surface area contributed by atoms with Crippen LogP contribution in [0.3, 0.4) is 0 Å². The van der Waals surface area contributed by atoms with Crippen LogP contribution in [0.1, 0.15) is 13.8 Å². The molecule has 1 aromatic carbocycles. The van der Waals surface area contributed by atoms with Crippen molar-refractivity contribution >= 4 is 15.9 Å². The first kappa shape index (κ1) is 15.6. The Kier molecular flexibility index (Phi) is 5.02. The van der Waals surface area contributed by atoms with Gasteiger partial charge in [0.1, 0.15) is 10.7 Å². The summed E-state index contributed by atoms with van der Waals surface area (Å²) in [4.78, 5) is 11.1. The van der Waals surface area contributed by atoms with E-state index in [0.717, 1.165) is 10.4 Å². The maximum atomic E-state index is 13.5. The summed E-state index contributed by atoms with van der Waals surface area (Å²) >= 11 is 0. The van der Waals surface area contributed by atoms with Crippen LogP contribution in [0.25, 0.3) is 0 Å². The summed E-state index contributed by atoms with van der Waals surface area (Å²) in [6.45, 7) is 3.18. The van der Waals surface area contributed by atoms with Crippen molar-refractivity contribution in [3.05, 3.63) is 30.1 Å². The highest BCUT2D eigenvalue weighted by Gasteiger charge is 2.25. The second-order valence-electron chi connectivity index (χ2n) is 4.41. The molecule has 7 heteroatoms. The fraction of sp³-hybridized carbons (Fsp3) is 0.417. The molecule has 0 aromatic heterocycles. The molecule has 5 nitrogen and oxygen atoms in total. The van der Waals surface area contributed by atoms with Crippen LogP contribution in [0, 0.1) is 5.82 Å². The summed E-state index contributed by atoms with van der Waals surface area (Å²) in [5.41, 5.74) is 0. The average molecular weight is 288 g/mol. The van der Waals surface area contributed by atoms with E-state index in [4.69, 9.17) is 0 Å². The Labute approximate surface area is 112 Å². The Morgan fingerprint density at radius 2 is 1.95 bits per heavy atom. The highest BCUT2D eigenvalue weighted by Crippen LogP contribution is 2.17. The van der Waals surface area contributed by atoms with Gasteiger partial charge in [0.25, 0.3) is 0 Å². The van der Waals surface area contributed by atoms with Crippen LogP contribution >= 0.6 is 0 Å². The van der Waals surface area contributed by atoms with Gasteiger partial charge < -0.3 is 5.32 Å². The molecular formula is C12H17FN2O3S. The molecule has 0 radical (unpaired) electrons. The van der Waals surface area contributed by atoms with Crippen molar-refractivity contribution in [1.29, 1.82) is 0 Å². The lowest BCUT2D eigenvalue weighted by Crippen LogP contribution is -2.41. The third kappa shape index (κ3) is 4.00. The monoisotopic (exact) mass is 288 g/mol. The van der Waals surface area contributed by atoms with Crippen LogP contribution in [0.2, 0.25) is 0 Å². The molecule has 0 heterocycles. The van der Waals surface area contributed by atoms with E-state index < -0.39 is 26.6 Å². The molecule has 1 aromatic rings. The number of hydrogen-bond donors (Lipinski definition) is 1. The van der Waals surface area contributed by atoms with Gasteiger partial charge in [-0.25, -0.2) is 12.8 Å². The summed E-state index contributed by atoms with van der Waals surface area (Å²) in [5, 5.41) is 2.57. The third-order valence-corrected chi connectivity index (χ3v) is 4.18. The van der Waals surface area contributed by atoms with Crippen molar-refractivity contribution in [2.75, 3.05) is 13.6 Å². The molecule has 0 unspecified atom stereocenters. The number of halogens is 1. The van der Waals surface area contributed by atoms with Gasteiger partial charge in [0, 0.05) is 13.1 Å². The van der Waals surface area contributed by atoms with E-state index in [2.05, 4.69) is 5.32 Å². The summed E-state index contributed by atoms with van der Waals surface area (Å²) in [6.07, 6.45) is 0. The quantitative estimate of drug-likeness (QED) is 0.878. The van der Waals surface area contributed by atoms with Crippen LogP contribution in [0.4, 0.5) is 4.39 Å². The Bertz CT molecular complexity index is 558. The number of benzene rings is 1. The molecule has 0 saturated carbocycles. The van der Waals surface area contributed by atoms with Gasteiger partial charge in [-0.05, 0) is 26.0 Å². The minimum Gasteiger partial charge on any atom is -0.353 e. The summed E-state index contributed by atoms with van der Waals surface area (Å²) in [7, 11) is -2.77. The van der Waals surface area contributed by atoms with Crippen molar-refractivity contribution in [2.24, 2.45) is 0 Å². The fourth-order valence-corrected chi connectivity index (χ4v) is 2.66. The Balaban J connectivity index is 2.90. The zero-order valence-corrected chi connectivity index (χ0v) is 11.9. The van der Waals surface area contributed by atoms with Gasteiger partial charge in [0.15, 0.2) is 0 Å². The molecule has 0 spiro atoms. The highest BCUT2D eigenvalue weighted by molar-refractivity contribution is 7.89. The number of sulfonamides is 1. The number of likely N-dealkylation sites (N-methyl/N-ethyl adjacent to an activating group) is 1. The predicted octanol–water partition coefficient (Wildman–Crippen LogP) is 0.971. The number of amides is 1. The fourth-order valence-electron chi connectivity index (χ4n) is 1.48. The van der Waals surface area contributed by atoms with Crippen molar-refractivity contribution < 1.29 is 17.6 Å². The molecule has 0 aliphatic heterocycles. The number of nitrogens with zero attached hydrogens (tertiary/aromatic N) is 1. The first-order valence-corrected chi connectivity index (χ1v) is 7.19. The largest absolute Gasteiger partial charge is 0.353 e. The Morgan fingerprint density at radius 3 is 2.47 bits per heavy atom. The molecule has 106 valence electrons. The molecule has 1 N–H and O–H groups in total. The number of carbonyl (C=O) groups excluding carboxylic acids is 1. The normalized spacial score (nSPS) is 11.9. The molecule has 1 amide bonds. The van der Waals surface area contributed by atoms with Gasteiger partial charge in [-0.15, -0.1) is 0 Å². The zero-order chi connectivity index (χ0) is 14.6. The van der Waals surface area contributed by atoms with E-state index in [9.17, 15) is 17.6 Å². The molecule has 0 bridgehead atoms. The molecule has 0 aliphatic rings. The van der Waals surface area contributed by atoms with Crippen molar-refractivity contribution in [3.63, 3.8) is 0 Å². The molecule has 19 heavy (non-hydrogen) atoms. The van der Waals surface area contributed by atoms with Crippen LogP contribution < -0.4 is 5.32 Å². The Morgan fingerprint density at radius 1 is 1.37 bits per heavy atom. The van der Waals surface area contributed by atoms with E-state index in [1.807, 2.05) is 0 Å². The predicted molar refractivity (Wildman–Crippen MR) is 69.5 cm³/mol. The van der Waals surface area contributed by atoms with Crippen molar-refractivity contribution in [3.8, 4) is 0 Å². The minimum absolute atomic E-state index is 0.0861. The number of hydrogen-bond acceptors (Lipinski definition) is 3. The molecule has 0 saturated heterocycles. The highest BCUT2D eigenvalue weighted by atomic mass is 32.2. The smallest absolute Gasteiger partial charge is 0.246 e. The summed E-state index contributed by atoms with van der Waals surface area (Å²) < 4.78 is 38.5. The minimum atomic E-state index is -4.00. The topological polar surface area (TPSA) is 66.5 Å². The van der Waals surface area contributed by atoms with Crippen LogP contribution in [-0.4, -0.2) is 38.3 Å². The molecule has 0 atom stereocenters. The lowest BCUT2D eigenvalue weighted by atomic mass is 10.3. The standard InChI is InChI=1S/C12H17FN2O3S/c1-9(2)14-12(16)8-15(3)19(17,18)11-7-5-4-6-10(11)13/h4-7,9H,8H2,1-3H3,(H,14,16). The molecule has 0 fully saturated rings. The van der Waals surface area contributed by atoms with E-state index >= 15 is 0 Å². The van der Waals surface area contributed by atoms with E-state index in [0.29, 0.717) is 0 Å². The van der Waals surface area contributed by atoms with Gasteiger partial charge in [0.2, 0.25) is 15.9 Å². The van der Waals surface area contributed by atoms with Gasteiger partial charge in [0.05, 0.1) is 6.54 Å². The second kappa shape index (κ2) is 6.12. The van der Waals surface area contributed by atoms with E-state index in [-0.39, 0.29) is 12.6 Å². The van der Waals surface area contributed by atoms with E-state index in [1.54, 1.807) is 13.8 Å². The Hall–Kier alpha value is -1.47. The SMILES string of the molecule is CC(C)NC(=O)CN(C)S(=O)(=O)c1ccccc1F. The molecule has 1 rings (SSSR count). The maximum Gasteiger partial charge on any atom is 0.246 e. The van der Waals surface area contributed by atoms with Gasteiger partial charge in [-0.2, -0.15) is 4.31 Å². The van der Waals surface area contributed by atoms with Crippen LogP contribution in [0.5, 0.6) is 0 Å². The first-order valence-electron chi connectivity index (χ1n) is 5.75. The van der Waals surface area contributed by atoms with Crippen LogP contribution in [-0.2, 0) is 14.8 Å². The number of nitrogens with one attached hydrogen (secondary N) is 1. The zero-order valence-electron chi connectivity index (χ0n) is 11.1. The molecular weight excluding hydrogens is 271 g/mol.